The van der Waals surface area contributed by atoms with E-state index in [1.54, 1.807) is 10.9 Å². The van der Waals surface area contributed by atoms with Crippen LogP contribution in [0.2, 0.25) is 0 Å². The molecule has 32 heavy (non-hydrogen) atoms. The molecule has 3 rings (SSSR count). The van der Waals surface area contributed by atoms with Crippen molar-refractivity contribution in [3.05, 3.63) is 53.4 Å². The summed E-state index contributed by atoms with van der Waals surface area (Å²) in [5, 5.41) is 17.6. The fourth-order valence-corrected chi connectivity index (χ4v) is 2.55. The van der Waals surface area contributed by atoms with E-state index < -0.39 is 17.6 Å². The molecule has 3 aromatic heterocycles. The SMILES string of the molecule is CN.O=Cc1cn(CCCCn2cc(C(=O)NCc3cncc(C(F)(F)F)c3)nn2)nn1. The highest BCUT2D eigenvalue weighted by Gasteiger charge is 2.31. The predicted octanol–water partition coefficient (Wildman–Crippen LogP) is 1.08. The molecule has 11 nitrogen and oxygen atoms in total. The number of carbonyl (C=O) groups is 2. The van der Waals surface area contributed by atoms with Crippen LogP contribution in [0.5, 0.6) is 0 Å². The Morgan fingerprint density at radius 1 is 1.09 bits per heavy atom. The van der Waals surface area contributed by atoms with Gasteiger partial charge in [-0.25, -0.2) is 0 Å². The van der Waals surface area contributed by atoms with Crippen molar-refractivity contribution in [3.8, 4) is 0 Å². The molecule has 0 unspecified atom stereocenters. The number of nitrogens with one attached hydrogen (secondary N) is 1. The van der Waals surface area contributed by atoms with Crippen LogP contribution in [-0.4, -0.2) is 54.2 Å². The summed E-state index contributed by atoms with van der Waals surface area (Å²) in [7, 11) is 1.50. The van der Waals surface area contributed by atoms with Crippen molar-refractivity contribution in [3.63, 3.8) is 0 Å². The summed E-state index contributed by atoms with van der Waals surface area (Å²) in [5.74, 6) is -0.553. The van der Waals surface area contributed by atoms with Gasteiger partial charge in [0, 0.05) is 32.0 Å². The zero-order valence-electron chi connectivity index (χ0n) is 17.2. The molecule has 0 saturated heterocycles. The van der Waals surface area contributed by atoms with Gasteiger partial charge in [0.2, 0.25) is 0 Å². The number of pyridine rings is 1. The van der Waals surface area contributed by atoms with E-state index in [1.165, 1.54) is 24.1 Å². The maximum Gasteiger partial charge on any atom is 0.417 e. The third-order valence-electron chi connectivity index (χ3n) is 4.05. The first-order valence-corrected chi connectivity index (χ1v) is 9.47. The minimum atomic E-state index is -4.50. The first-order chi connectivity index (χ1) is 15.3. The quantitative estimate of drug-likeness (QED) is 0.361. The number of aromatic nitrogens is 7. The predicted molar refractivity (Wildman–Crippen MR) is 105 cm³/mol. The molecule has 0 spiro atoms. The lowest BCUT2D eigenvalue weighted by molar-refractivity contribution is -0.137. The molecule has 3 heterocycles. The van der Waals surface area contributed by atoms with Gasteiger partial charge >= 0.3 is 6.18 Å². The molecule has 0 aliphatic heterocycles. The number of rotatable bonds is 9. The van der Waals surface area contributed by atoms with Gasteiger partial charge in [-0.15, -0.1) is 10.2 Å². The number of aldehydes is 1. The first kappa shape index (κ1) is 24.6. The van der Waals surface area contributed by atoms with Gasteiger partial charge in [-0.05, 0) is 31.5 Å². The van der Waals surface area contributed by atoms with Gasteiger partial charge in [0.1, 0.15) is 5.69 Å². The second kappa shape index (κ2) is 11.6. The highest BCUT2D eigenvalue weighted by Crippen LogP contribution is 2.28. The van der Waals surface area contributed by atoms with Gasteiger partial charge < -0.3 is 11.1 Å². The van der Waals surface area contributed by atoms with Crippen LogP contribution in [-0.2, 0) is 25.8 Å². The number of nitrogens with two attached hydrogens (primary N) is 1. The van der Waals surface area contributed by atoms with Crippen LogP contribution in [0, 0.1) is 0 Å². The molecule has 0 radical (unpaired) electrons. The van der Waals surface area contributed by atoms with Crippen LogP contribution in [0.15, 0.2) is 30.9 Å². The summed E-state index contributed by atoms with van der Waals surface area (Å²) in [5.41, 5.74) is 4.16. The Hall–Kier alpha value is -3.68. The van der Waals surface area contributed by atoms with E-state index in [0.29, 0.717) is 19.4 Å². The third-order valence-corrected chi connectivity index (χ3v) is 4.05. The lowest BCUT2D eigenvalue weighted by atomic mass is 10.2. The number of halogens is 3. The molecule has 0 bridgehead atoms. The van der Waals surface area contributed by atoms with E-state index in [2.05, 4.69) is 36.7 Å². The Morgan fingerprint density at radius 3 is 2.38 bits per heavy atom. The van der Waals surface area contributed by atoms with Crippen LogP contribution in [0.25, 0.3) is 0 Å². The Balaban J connectivity index is 0.00000176. The van der Waals surface area contributed by atoms with E-state index in [9.17, 15) is 22.8 Å². The molecular formula is C18H22F3N9O2. The van der Waals surface area contributed by atoms with Gasteiger partial charge in [-0.1, -0.05) is 10.4 Å². The molecular weight excluding hydrogens is 431 g/mol. The Kier molecular flexibility index (Phi) is 8.95. The number of amides is 1. The molecule has 0 aliphatic rings. The van der Waals surface area contributed by atoms with E-state index in [-0.39, 0.29) is 23.5 Å². The fraction of sp³-hybridized carbons (Fsp3) is 0.389. The molecule has 172 valence electrons. The monoisotopic (exact) mass is 453 g/mol. The number of carbonyl (C=O) groups excluding carboxylic acids is 2. The summed E-state index contributed by atoms with van der Waals surface area (Å²) < 4.78 is 41.2. The third kappa shape index (κ3) is 7.23. The van der Waals surface area contributed by atoms with Crippen molar-refractivity contribution in [2.75, 3.05) is 7.05 Å². The van der Waals surface area contributed by atoms with Crippen LogP contribution in [0.3, 0.4) is 0 Å². The number of nitrogens with zero attached hydrogens (tertiary/aromatic N) is 7. The summed E-state index contributed by atoms with van der Waals surface area (Å²) in [6, 6.07) is 0.928. The van der Waals surface area contributed by atoms with Crippen molar-refractivity contribution in [1.29, 1.82) is 0 Å². The first-order valence-electron chi connectivity index (χ1n) is 9.47. The lowest BCUT2D eigenvalue weighted by Gasteiger charge is -2.08. The number of aryl methyl sites for hydroxylation is 2. The van der Waals surface area contributed by atoms with Crippen LogP contribution in [0.4, 0.5) is 13.2 Å². The summed E-state index contributed by atoms with van der Waals surface area (Å²) >= 11 is 0. The normalized spacial score (nSPS) is 10.9. The van der Waals surface area contributed by atoms with E-state index >= 15 is 0 Å². The molecule has 0 aliphatic carbocycles. The average molecular weight is 453 g/mol. The molecule has 0 aromatic carbocycles. The molecule has 1 amide bonds. The van der Waals surface area contributed by atoms with Crippen molar-refractivity contribution >= 4 is 12.2 Å². The molecule has 3 aromatic rings. The van der Waals surface area contributed by atoms with Crippen molar-refractivity contribution < 1.29 is 22.8 Å². The van der Waals surface area contributed by atoms with E-state index in [4.69, 9.17) is 0 Å². The zero-order chi connectivity index (χ0) is 23.6. The minimum Gasteiger partial charge on any atom is -0.346 e. The topological polar surface area (TPSA) is 146 Å². The highest BCUT2D eigenvalue weighted by molar-refractivity contribution is 5.91. The van der Waals surface area contributed by atoms with Crippen LogP contribution < -0.4 is 11.1 Å². The fourth-order valence-electron chi connectivity index (χ4n) is 2.55. The molecule has 3 N–H and O–H groups in total. The number of hydrogen-bond donors (Lipinski definition) is 2. The van der Waals surface area contributed by atoms with Crippen LogP contribution >= 0.6 is 0 Å². The maximum atomic E-state index is 12.7. The molecule has 0 saturated carbocycles. The Labute approximate surface area is 180 Å². The highest BCUT2D eigenvalue weighted by atomic mass is 19.4. The number of unbranched alkanes of at least 4 members (excludes halogenated alkanes) is 1. The summed E-state index contributed by atoms with van der Waals surface area (Å²) in [6.07, 6.45) is 2.56. The van der Waals surface area contributed by atoms with Crippen molar-refractivity contribution in [2.45, 2.75) is 38.7 Å². The van der Waals surface area contributed by atoms with Gasteiger partial charge in [0.25, 0.3) is 5.91 Å². The number of alkyl halides is 3. The standard InChI is InChI=1S/C17H17F3N8O2.CH5N/c18-17(19,20)13-5-12(6-21-8-13)7-22-16(30)15-10-28(26-24-15)4-2-1-3-27-9-14(11-29)23-25-27;1-2/h5-6,8-11H,1-4,7H2,(H,22,30);2H2,1H3. The molecule has 0 atom stereocenters. The second-order valence-corrected chi connectivity index (χ2v) is 6.36. The van der Waals surface area contributed by atoms with E-state index in [0.717, 1.165) is 25.1 Å². The Bertz CT molecular complexity index is 1020. The van der Waals surface area contributed by atoms with E-state index in [1.807, 2.05) is 0 Å². The average Bonchev–Trinajstić information content (AvgIpc) is 3.46. The zero-order valence-corrected chi connectivity index (χ0v) is 17.2. The van der Waals surface area contributed by atoms with Crippen LogP contribution in [0.1, 0.15) is 44.9 Å². The van der Waals surface area contributed by atoms with Crippen molar-refractivity contribution in [1.82, 2.24) is 40.3 Å². The Morgan fingerprint density at radius 2 is 1.75 bits per heavy atom. The minimum absolute atomic E-state index is 0.0573. The second-order valence-electron chi connectivity index (χ2n) is 6.36. The van der Waals surface area contributed by atoms with Gasteiger partial charge in [0.05, 0.1) is 18.0 Å². The van der Waals surface area contributed by atoms with Crippen molar-refractivity contribution in [2.24, 2.45) is 5.73 Å². The summed E-state index contributed by atoms with van der Waals surface area (Å²) in [6.45, 7) is 0.963. The lowest BCUT2D eigenvalue weighted by Crippen LogP contribution is -2.23. The maximum absolute atomic E-state index is 12.7. The molecule has 0 fully saturated rings. The van der Waals surface area contributed by atoms with Gasteiger partial charge in [-0.3, -0.25) is 23.9 Å². The van der Waals surface area contributed by atoms with Gasteiger partial charge in [0.15, 0.2) is 12.0 Å². The largest absolute Gasteiger partial charge is 0.417 e. The smallest absolute Gasteiger partial charge is 0.346 e. The number of hydrogen-bond acceptors (Lipinski definition) is 8. The molecule has 14 heteroatoms. The summed E-state index contributed by atoms with van der Waals surface area (Å²) in [4.78, 5) is 26.2. The van der Waals surface area contributed by atoms with Gasteiger partial charge in [-0.2, -0.15) is 13.2 Å².